The number of hydrogen-bond donors (Lipinski definition) is 0. The van der Waals surface area contributed by atoms with Crippen molar-refractivity contribution in [2.75, 3.05) is 0 Å². The van der Waals surface area contributed by atoms with Crippen molar-refractivity contribution in [3.63, 3.8) is 0 Å². The third kappa shape index (κ3) is 3.10. The van der Waals surface area contributed by atoms with Crippen molar-refractivity contribution in [1.82, 2.24) is 14.3 Å². The summed E-state index contributed by atoms with van der Waals surface area (Å²) in [7, 11) is 0. The zero-order valence-corrected chi connectivity index (χ0v) is 16.1. The molecule has 0 saturated carbocycles. The largest absolute Gasteiger partial charge is 0.458 e. The van der Waals surface area contributed by atoms with Gasteiger partial charge in [0.2, 0.25) is 0 Å². The lowest BCUT2D eigenvalue weighted by molar-refractivity contribution is -0.148. The topological polar surface area (TPSA) is 81.0 Å². The summed E-state index contributed by atoms with van der Waals surface area (Å²) in [6, 6.07) is 11.2. The SMILES string of the molecule is C=C1c2ccccc2C(=O)N1[C@@H](C)C(=O)OCc1cc(=O)n2cccc(C)c2n1. The van der Waals surface area contributed by atoms with Gasteiger partial charge >= 0.3 is 5.97 Å². The van der Waals surface area contributed by atoms with Gasteiger partial charge in [0.25, 0.3) is 11.5 Å². The molecule has 0 radical (unpaired) electrons. The standard InChI is InChI=1S/C22H19N3O4/c1-13-7-6-10-24-19(26)11-16(23-20(13)24)12-29-22(28)15(3)25-14(2)17-8-4-5-9-18(17)21(25)27/h4-11,15H,2,12H2,1,3H3/t15-/m0/s1. The molecule has 0 aliphatic carbocycles. The van der Waals surface area contributed by atoms with Crippen LogP contribution < -0.4 is 5.56 Å². The molecule has 0 bridgehead atoms. The molecule has 0 spiro atoms. The minimum absolute atomic E-state index is 0.162. The Morgan fingerprint density at radius 1 is 1.17 bits per heavy atom. The summed E-state index contributed by atoms with van der Waals surface area (Å²) in [6.07, 6.45) is 1.64. The molecule has 0 saturated heterocycles. The van der Waals surface area contributed by atoms with Crippen LogP contribution in [0.2, 0.25) is 0 Å². The van der Waals surface area contributed by atoms with Crippen LogP contribution in [0.1, 0.15) is 34.1 Å². The van der Waals surface area contributed by atoms with Gasteiger partial charge in [-0.1, -0.05) is 30.8 Å². The fraction of sp³-hybridized carbons (Fsp3) is 0.182. The van der Waals surface area contributed by atoms with Crippen LogP contribution in [0.5, 0.6) is 0 Å². The van der Waals surface area contributed by atoms with Gasteiger partial charge in [0.15, 0.2) is 0 Å². The highest BCUT2D eigenvalue weighted by Gasteiger charge is 2.37. The molecular formula is C22H19N3O4. The Morgan fingerprint density at radius 2 is 1.90 bits per heavy atom. The van der Waals surface area contributed by atoms with E-state index in [9.17, 15) is 14.4 Å². The van der Waals surface area contributed by atoms with Crippen molar-refractivity contribution in [1.29, 1.82) is 0 Å². The molecule has 3 heterocycles. The number of aromatic nitrogens is 2. The van der Waals surface area contributed by atoms with E-state index in [4.69, 9.17) is 4.74 Å². The highest BCUT2D eigenvalue weighted by atomic mass is 16.5. The molecule has 146 valence electrons. The lowest BCUT2D eigenvalue weighted by Crippen LogP contribution is -2.39. The van der Waals surface area contributed by atoms with E-state index in [1.54, 1.807) is 37.4 Å². The van der Waals surface area contributed by atoms with Crippen molar-refractivity contribution in [3.05, 3.63) is 88.0 Å². The molecule has 1 amide bonds. The van der Waals surface area contributed by atoms with Crippen LogP contribution in [0.25, 0.3) is 11.3 Å². The number of nitrogens with zero attached hydrogens (tertiary/aromatic N) is 3. The smallest absolute Gasteiger partial charge is 0.329 e. The Labute approximate surface area is 166 Å². The van der Waals surface area contributed by atoms with Crippen molar-refractivity contribution in [2.24, 2.45) is 0 Å². The average Bonchev–Trinajstić information content (AvgIpc) is 2.97. The number of hydrogen-bond acceptors (Lipinski definition) is 5. The van der Waals surface area contributed by atoms with Crippen molar-refractivity contribution < 1.29 is 14.3 Å². The second-order valence-corrected chi connectivity index (χ2v) is 6.92. The summed E-state index contributed by atoms with van der Waals surface area (Å²) in [4.78, 5) is 43.3. The molecule has 4 rings (SSSR count). The van der Waals surface area contributed by atoms with Gasteiger partial charge in [-0.25, -0.2) is 9.78 Å². The van der Waals surface area contributed by atoms with E-state index in [0.717, 1.165) is 5.56 Å². The number of benzene rings is 1. The van der Waals surface area contributed by atoms with Crippen molar-refractivity contribution in [3.8, 4) is 0 Å². The Balaban J connectivity index is 1.51. The van der Waals surface area contributed by atoms with Gasteiger partial charge in [0, 0.05) is 29.1 Å². The van der Waals surface area contributed by atoms with Crippen LogP contribution in [0, 0.1) is 6.92 Å². The van der Waals surface area contributed by atoms with Gasteiger partial charge in [-0.3, -0.25) is 18.9 Å². The molecule has 29 heavy (non-hydrogen) atoms. The van der Waals surface area contributed by atoms with Crippen LogP contribution in [-0.2, 0) is 16.1 Å². The second-order valence-electron chi connectivity index (χ2n) is 6.92. The van der Waals surface area contributed by atoms with Crippen molar-refractivity contribution >= 4 is 23.2 Å². The highest BCUT2D eigenvalue weighted by Crippen LogP contribution is 2.33. The summed E-state index contributed by atoms with van der Waals surface area (Å²) < 4.78 is 6.79. The fourth-order valence-electron chi connectivity index (χ4n) is 3.47. The summed E-state index contributed by atoms with van der Waals surface area (Å²) >= 11 is 0. The monoisotopic (exact) mass is 389 g/mol. The van der Waals surface area contributed by atoms with Gasteiger partial charge in [0.1, 0.15) is 18.3 Å². The molecule has 3 aromatic rings. The summed E-state index contributed by atoms with van der Waals surface area (Å²) in [5, 5.41) is 0. The maximum absolute atomic E-state index is 12.7. The first-order chi connectivity index (χ1) is 13.9. The number of esters is 1. The van der Waals surface area contributed by atoms with E-state index < -0.39 is 12.0 Å². The van der Waals surface area contributed by atoms with E-state index >= 15 is 0 Å². The summed E-state index contributed by atoms with van der Waals surface area (Å²) in [5.74, 6) is -0.883. The quantitative estimate of drug-likeness (QED) is 0.641. The number of pyridine rings is 1. The average molecular weight is 389 g/mol. The molecule has 2 aromatic heterocycles. The summed E-state index contributed by atoms with van der Waals surface area (Å²) in [5.41, 5.74) is 3.12. The third-order valence-electron chi connectivity index (χ3n) is 5.01. The Hall–Kier alpha value is -3.74. The molecular weight excluding hydrogens is 370 g/mol. The molecule has 1 aliphatic rings. The molecule has 1 aliphatic heterocycles. The zero-order chi connectivity index (χ0) is 20.7. The van der Waals surface area contributed by atoms with Gasteiger partial charge < -0.3 is 4.74 Å². The van der Waals surface area contributed by atoms with Crippen LogP contribution in [0.15, 0.2) is 60.0 Å². The van der Waals surface area contributed by atoms with Crippen LogP contribution in [0.3, 0.4) is 0 Å². The predicted molar refractivity (Wildman–Crippen MR) is 107 cm³/mol. The normalized spacial score (nSPS) is 14.2. The van der Waals surface area contributed by atoms with E-state index in [1.165, 1.54) is 15.4 Å². The maximum Gasteiger partial charge on any atom is 0.329 e. The number of fused-ring (bicyclic) bond motifs is 2. The first-order valence-corrected chi connectivity index (χ1v) is 9.15. The van der Waals surface area contributed by atoms with Gasteiger partial charge in [-0.15, -0.1) is 0 Å². The number of ether oxygens (including phenoxy) is 1. The number of aryl methyl sites for hydroxylation is 1. The summed E-state index contributed by atoms with van der Waals surface area (Å²) in [6.45, 7) is 7.22. The Morgan fingerprint density at radius 3 is 2.62 bits per heavy atom. The number of rotatable bonds is 4. The third-order valence-corrected chi connectivity index (χ3v) is 5.01. The zero-order valence-electron chi connectivity index (χ0n) is 16.1. The van der Waals surface area contributed by atoms with Crippen LogP contribution >= 0.6 is 0 Å². The lowest BCUT2D eigenvalue weighted by atomic mass is 10.1. The molecule has 0 fully saturated rings. The molecule has 7 heteroatoms. The van der Waals surface area contributed by atoms with Crippen LogP contribution in [-0.4, -0.2) is 32.2 Å². The first-order valence-electron chi connectivity index (χ1n) is 9.15. The minimum Gasteiger partial charge on any atom is -0.458 e. The molecule has 0 unspecified atom stereocenters. The Kier molecular flexibility index (Phi) is 4.50. The number of carbonyl (C=O) groups is 2. The van der Waals surface area contributed by atoms with Gasteiger partial charge in [0.05, 0.1) is 5.69 Å². The molecule has 1 aromatic carbocycles. The highest BCUT2D eigenvalue weighted by molar-refractivity contribution is 6.10. The van der Waals surface area contributed by atoms with Crippen molar-refractivity contribution in [2.45, 2.75) is 26.5 Å². The number of carbonyl (C=O) groups excluding carboxylic acids is 2. The number of amides is 1. The maximum atomic E-state index is 12.7. The lowest BCUT2D eigenvalue weighted by Gasteiger charge is -2.23. The molecule has 0 N–H and O–H groups in total. The van der Waals surface area contributed by atoms with Gasteiger partial charge in [-0.2, -0.15) is 0 Å². The molecule has 1 atom stereocenters. The van der Waals surface area contributed by atoms with Crippen LogP contribution in [0.4, 0.5) is 0 Å². The first kappa shape index (κ1) is 18.6. The fourth-order valence-corrected chi connectivity index (χ4v) is 3.47. The van der Waals surface area contributed by atoms with E-state index in [1.807, 2.05) is 19.1 Å². The van der Waals surface area contributed by atoms with E-state index in [0.29, 0.717) is 28.2 Å². The minimum atomic E-state index is -0.856. The Bertz CT molecular complexity index is 1190. The second kappa shape index (κ2) is 7.01. The predicted octanol–water partition coefficient (Wildman–Crippen LogP) is 2.56. The van der Waals surface area contributed by atoms with Gasteiger partial charge in [-0.05, 0) is 31.5 Å². The van der Waals surface area contributed by atoms with E-state index in [2.05, 4.69) is 11.6 Å². The molecule has 7 nitrogen and oxygen atoms in total. The van der Waals surface area contributed by atoms with E-state index in [-0.39, 0.29) is 18.1 Å².